The van der Waals surface area contributed by atoms with Gasteiger partial charge in [0.05, 0.1) is 6.54 Å². The third-order valence-electron chi connectivity index (χ3n) is 6.30. The molecule has 1 saturated heterocycles. The van der Waals surface area contributed by atoms with E-state index in [2.05, 4.69) is 47.4 Å². The van der Waals surface area contributed by atoms with E-state index in [-0.39, 0.29) is 18.0 Å². The molecule has 0 saturated carbocycles. The molecule has 6 nitrogen and oxygen atoms in total. The molecule has 176 valence electrons. The van der Waals surface area contributed by atoms with Crippen LogP contribution in [0.15, 0.2) is 48.5 Å². The van der Waals surface area contributed by atoms with Crippen molar-refractivity contribution >= 4 is 17.7 Å². The molecule has 2 heterocycles. The Hall–Kier alpha value is -2.86. The van der Waals surface area contributed by atoms with E-state index in [1.54, 1.807) is 4.90 Å². The van der Waals surface area contributed by atoms with Crippen LogP contribution in [-0.4, -0.2) is 66.2 Å². The summed E-state index contributed by atoms with van der Waals surface area (Å²) in [4.78, 5) is 31.6. The number of fused-ring (bicyclic) bond motifs is 1. The zero-order valence-electron chi connectivity index (χ0n) is 20.2. The second kappa shape index (κ2) is 9.56. The van der Waals surface area contributed by atoms with E-state index in [0.29, 0.717) is 26.2 Å². The monoisotopic (exact) mass is 449 g/mol. The van der Waals surface area contributed by atoms with Crippen molar-refractivity contribution in [2.75, 3.05) is 37.6 Å². The lowest BCUT2D eigenvalue weighted by Gasteiger charge is -2.40. The smallest absolute Gasteiger partial charge is 0.410 e. The zero-order chi connectivity index (χ0) is 23.6. The van der Waals surface area contributed by atoms with Gasteiger partial charge < -0.3 is 14.5 Å². The van der Waals surface area contributed by atoms with Crippen molar-refractivity contribution in [1.82, 2.24) is 9.80 Å². The Labute approximate surface area is 197 Å². The van der Waals surface area contributed by atoms with Gasteiger partial charge in [0.2, 0.25) is 5.91 Å². The molecule has 0 bridgehead atoms. The Morgan fingerprint density at radius 2 is 1.76 bits per heavy atom. The Morgan fingerprint density at radius 1 is 1.00 bits per heavy atom. The first kappa shape index (κ1) is 23.3. The van der Waals surface area contributed by atoms with Gasteiger partial charge in [-0.1, -0.05) is 42.5 Å². The standard InChI is InChI=1S/C27H35N3O3/c1-20-18-28(14-15-29(20)26(32)33-27(2,3)4)19-25(31)30-13-12-23-11-10-22(17-24(23)30)16-21-8-6-5-7-9-21/h5-11,17,20H,12-16,18-19H2,1-4H3. The van der Waals surface area contributed by atoms with E-state index in [9.17, 15) is 9.59 Å². The van der Waals surface area contributed by atoms with Crippen molar-refractivity contribution < 1.29 is 14.3 Å². The average Bonchev–Trinajstić information content (AvgIpc) is 3.16. The summed E-state index contributed by atoms with van der Waals surface area (Å²) < 4.78 is 5.53. The van der Waals surface area contributed by atoms with Crippen molar-refractivity contribution in [3.63, 3.8) is 0 Å². The van der Waals surface area contributed by atoms with Crippen molar-refractivity contribution in [1.29, 1.82) is 0 Å². The predicted molar refractivity (Wildman–Crippen MR) is 131 cm³/mol. The minimum Gasteiger partial charge on any atom is -0.444 e. The Balaban J connectivity index is 1.37. The number of carbonyl (C=O) groups excluding carboxylic acids is 2. The van der Waals surface area contributed by atoms with Gasteiger partial charge in [0.1, 0.15) is 5.60 Å². The Kier molecular flexibility index (Phi) is 6.75. The van der Waals surface area contributed by atoms with Crippen LogP contribution in [0, 0.1) is 0 Å². The van der Waals surface area contributed by atoms with Gasteiger partial charge in [0.25, 0.3) is 0 Å². The molecule has 0 spiro atoms. The van der Waals surface area contributed by atoms with Crippen LogP contribution < -0.4 is 4.90 Å². The van der Waals surface area contributed by atoms with Crippen molar-refractivity contribution in [3.8, 4) is 0 Å². The number of benzene rings is 2. The fraction of sp³-hybridized carbons (Fsp3) is 0.481. The highest BCUT2D eigenvalue weighted by atomic mass is 16.6. The molecule has 1 unspecified atom stereocenters. The van der Waals surface area contributed by atoms with Crippen LogP contribution in [0.25, 0.3) is 0 Å². The number of carbonyl (C=O) groups is 2. The van der Waals surface area contributed by atoms with E-state index in [0.717, 1.165) is 25.1 Å². The minimum absolute atomic E-state index is 0.00439. The largest absolute Gasteiger partial charge is 0.444 e. The van der Waals surface area contributed by atoms with Crippen LogP contribution in [0.2, 0.25) is 0 Å². The van der Waals surface area contributed by atoms with Gasteiger partial charge in [-0.3, -0.25) is 9.69 Å². The zero-order valence-corrected chi connectivity index (χ0v) is 20.2. The lowest BCUT2D eigenvalue weighted by Crippen LogP contribution is -2.56. The summed E-state index contributed by atoms with van der Waals surface area (Å²) in [7, 11) is 0. The predicted octanol–water partition coefficient (Wildman–Crippen LogP) is 4.11. The van der Waals surface area contributed by atoms with E-state index in [1.165, 1.54) is 16.7 Å². The molecule has 2 aliphatic heterocycles. The van der Waals surface area contributed by atoms with Gasteiger partial charge in [0.15, 0.2) is 0 Å². The van der Waals surface area contributed by atoms with E-state index in [4.69, 9.17) is 4.74 Å². The maximum Gasteiger partial charge on any atom is 0.410 e. The minimum atomic E-state index is -0.508. The quantitative estimate of drug-likeness (QED) is 0.705. The summed E-state index contributed by atoms with van der Waals surface area (Å²) in [5.74, 6) is 0.128. The fourth-order valence-electron chi connectivity index (χ4n) is 4.67. The molecular weight excluding hydrogens is 414 g/mol. The highest BCUT2D eigenvalue weighted by molar-refractivity contribution is 5.97. The Bertz CT molecular complexity index is 999. The molecule has 2 aromatic carbocycles. The summed E-state index contributed by atoms with van der Waals surface area (Å²) in [6.45, 7) is 10.7. The molecule has 1 fully saturated rings. The summed E-state index contributed by atoms with van der Waals surface area (Å²) in [6.07, 6.45) is 1.48. The SMILES string of the molecule is CC1CN(CC(=O)N2CCc3ccc(Cc4ccccc4)cc32)CCN1C(=O)OC(C)(C)C. The molecule has 2 amide bonds. The maximum absolute atomic E-state index is 13.2. The van der Waals surface area contributed by atoms with Crippen LogP contribution in [0.1, 0.15) is 44.4 Å². The molecule has 1 atom stereocenters. The molecular formula is C27H35N3O3. The van der Waals surface area contributed by atoms with E-state index in [1.807, 2.05) is 38.7 Å². The van der Waals surface area contributed by atoms with Crippen LogP contribution in [-0.2, 0) is 22.4 Å². The first-order valence-electron chi connectivity index (χ1n) is 11.9. The van der Waals surface area contributed by atoms with Gasteiger partial charge in [0, 0.05) is 37.9 Å². The molecule has 33 heavy (non-hydrogen) atoms. The second-order valence-electron chi connectivity index (χ2n) is 10.2. The van der Waals surface area contributed by atoms with Crippen molar-refractivity contribution in [2.24, 2.45) is 0 Å². The van der Waals surface area contributed by atoms with Gasteiger partial charge >= 0.3 is 6.09 Å². The molecule has 6 heteroatoms. The van der Waals surface area contributed by atoms with Gasteiger partial charge in [-0.25, -0.2) is 4.79 Å². The summed E-state index contributed by atoms with van der Waals surface area (Å²) in [6, 6.07) is 16.9. The van der Waals surface area contributed by atoms with Crippen molar-refractivity contribution in [2.45, 2.75) is 52.2 Å². The number of rotatable bonds is 4. The molecule has 0 radical (unpaired) electrons. The van der Waals surface area contributed by atoms with Crippen LogP contribution in [0.4, 0.5) is 10.5 Å². The maximum atomic E-state index is 13.2. The van der Waals surface area contributed by atoms with Gasteiger partial charge in [-0.05, 0) is 63.3 Å². The normalized spacial score (nSPS) is 18.8. The third-order valence-corrected chi connectivity index (χ3v) is 6.30. The average molecular weight is 450 g/mol. The fourth-order valence-corrected chi connectivity index (χ4v) is 4.67. The number of ether oxygens (including phenoxy) is 1. The Morgan fingerprint density at radius 3 is 2.45 bits per heavy atom. The molecule has 2 aromatic rings. The van der Waals surface area contributed by atoms with Crippen LogP contribution in [0.3, 0.4) is 0 Å². The number of hydrogen-bond acceptors (Lipinski definition) is 4. The van der Waals surface area contributed by atoms with Crippen molar-refractivity contribution in [3.05, 3.63) is 65.2 Å². The topological polar surface area (TPSA) is 53.1 Å². The number of nitrogens with zero attached hydrogens (tertiary/aromatic N) is 3. The van der Waals surface area contributed by atoms with Gasteiger partial charge in [-0.2, -0.15) is 0 Å². The molecule has 4 rings (SSSR count). The molecule has 0 aromatic heterocycles. The molecule has 0 N–H and O–H groups in total. The van der Waals surface area contributed by atoms with Crippen LogP contribution in [0.5, 0.6) is 0 Å². The lowest BCUT2D eigenvalue weighted by atomic mass is 10.0. The summed E-state index contributed by atoms with van der Waals surface area (Å²) in [5, 5.41) is 0. The highest BCUT2D eigenvalue weighted by Gasteiger charge is 2.33. The highest BCUT2D eigenvalue weighted by Crippen LogP contribution is 2.30. The van der Waals surface area contributed by atoms with E-state index >= 15 is 0 Å². The first-order valence-corrected chi connectivity index (χ1v) is 11.9. The van der Waals surface area contributed by atoms with Gasteiger partial charge in [-0.15, -0.1) is 0 Å². The number of piperazine rings is 1. The number of anilines is 1. The molecule has 0 aliphatic carbocycles. The second-order valence-corrected chi connectivity index (χ2v) is 10.2. The van der Waals surface area contributed by atoms with Crippen LogP contribution >= 0.6 is 0 Å². The summed E-state index contributed by atoms with van der Waals surface area (Å²) in [5.41, 5.74) is 4.27. The molecule has 2 aliphatic rings. The lowest BCUT2D eigenvalue weighted by molar-refractivity contribution is -0.120. The van der Waals surface area contributed by atoms with E-state index < -0.39 is 5.60 Å². The summed E-state index contributed by atoms with van der Waals surface area (Å²) >= 11 is 0. The number of hydrogen-bond donors (Lipinski definition) is 0. The first-order chi connectivity index (χ1) is 15.7. The number of amides is 2. The third kappa shape index (κ3) is 5.74.